The molecule has 1 aromatic carbocycles. The second-order valence-electron chi connectivity index (χ2n) is 6.52. The van der Waals surface area contributed by atoms with Crippen LogP contribution >= 0.6 is 23.1 Å². The molecule has 4 rings (SSSR count). The van der Waals surface area contributed by atoms with Crippen molar-refractivity contribution in [2.45, 2.75) is 28.9 Å². The number of anilines is 1. The number of thiophene rings is 1. The van der Waals surface area contributed by atoms with Gasteiger partial charge in [0.25, 0.3) is 0 Å². The van der Waals surface area contributed by atoms with Gasteiger partial charge in [0.2, 0.25) is 5.91 Å². The van der Waals surface area contributed by atoms with Gasteiger partial charge in [0.15, 0.2) is 20.8 Å². The van der Waals surface area contributed by atoms with Gasteiger partial charge in [0, 0.05) is 18.0 Å². The predicted octanol–water partition coefficient (Wildman–Crippen LogP) is 3.48. The third kappa shape index (κ3) is 4.29. The number of carbonyl (C=O) groups excluding carboxylic acids is 1. The van der Waals surface area contributed by atoms with E-state index in [9.17, 15) is 13.2 Å². The van der Waals surface area contributed by atoms with Crippen molar-refractivity contribution in [2.24, 2.45) is 0 Å². The largest absolute Gasteiger partial charge is 0.325 e. The van der Waals surface area contributed by atoms with Crippen molar-refractivity contribution in [1.82, 2.24) is 14.8 Å². The molecule has 0 atom stereocenters. The molecule has 1 aliphatic rings. The van der Waals surface area contributed by atoms with Crippen LogP contribution in [0, 0.1) is 0 Å². The number of rotatable bonds is 7. The van der Waals surface area contributed by atoms with Gasteiger partial charge in [-0.15, -0.1) is 21.5 Å². The summed E-state index contributed by atoms with van der Waals surface area (Å²) < 4.78 is 25.4. The number of hydrogen-bond donors (Lipinski definition) is 1. The molecule has 3 aromatic rings. The fraction of sp³-hybridized carbons (Fsp3) is 0.278. The van der Waals surface area contributed by atoms with Gasteiger partial charge in [-0.1, -0.05) is 23.9 Å². The predicted molar refractivity (Wildman–Crippen MR) is 111 cm³/mol. The van der Waals surface area contributed by atoms with Crippen LogP contribution in [0.3, 0.4) is 0 Å². The summed E-state index contributed by atoms with van der Waals surface area (Å²) in [5.74, 6) is 0.790. The van der Waals surface area contributed by atoms with Gasteiger partial charge >= 0.3 is 0 Å². The summed E-state index contributed by atoms with van der Waals surface area (Å²) in [5, 5.41) is 14.1. The second-order valence-corrected chi connectivity index (χ2v) is 10.4. The van der Waals surface area contributed by atoms with E-state index in [1.165, 1.54) is 23.9 Å². The van der Waals surface area contributed by atoms with E-state index in [0.717, 1.165) is 35.0 Å². The van der Waals surface area contributed by atoms with Crippen molar-refractivity contribution < 1.29 is 13.2 Å². The van der Waals surface area contributed by atoms with Crippen LogP contribution in [0.1, 0.15) is 18.9 Å². The average molecular weight is 435 g/mol. The highest BCUT2D eigenvalue weighted by molar-refractivity contribution is 7.99. The first-order valence-corrected chi connectivity index (χ1v) is 12.4. The molecule has 1 fully saturated rings. The second kappa shape index (κ2) is 7.69. The third-order valence-electron chi connectivity index (χ3n) is 4.20. The van der Waals surface area contributed by atoms with E-state index in [1.807, 2.05) is 17.5 Å². The maximum Gasteiger partial charge on any atom is 0.234 e. The number of sulfone groups is 1. The van der Waals surface area contributed by atoms with Gasteiger partial charge in [-0.2, -0.15) is 0 Å². The molecule has 0 radical (unpaired) electrons. The van der Waals surface area contributed by atoms with E-state index in [0.29, 0.717) is 11.7 Å². The molecule has 28 heavy (non-hydrogen) atoms. The normalized spacial score (nSPS) is 14.2. The van der Waals surface area contributed by atoms with Crippen molar-refractivity contribution in [1.29, 1.82) is 0 Å². The minimum Gasteiger partial charge on any atom is -0.325 e. The average Bonchev–Trinajstić information content (AvgIpc) is 3.17. The summed E-state index contributed by atoms with van der Waals surface area (Å²) in [6.45, 7) is 0. The monoisotopic (exact) mass is 434 g/mol. The lowest BCUT2D eigenvalue weighted by Crippen LogP contribution is -2.15. The number of amides is 1. The van der Waals surface area contributed by atoms with Crippen LogP contribution in [-0.2, 0) is 14.6 Å². The first-order chi connectivity index (χ1) is 13.4. The smallest absolute Gasteiger partial charge is 0.234 e. The summed E-state index contributed by atoms with van der Waals surface area (Å²) >= 11 is 2.95. The number of nitrogens with zero attached hydrogens (tertiary/aromatic N) is 3. The zero-order chi connectivity index (χ0) is 19.7. The molecule has 2 aromatic heterocycles. The number of thioether (sulfide) groups is 1. The molecule has 0 spiro atoms. The minimum atomic E-state index is -3.32. The molecule has 0 aliphatic heterocycles. The van der Waals surface area contributed by atoms with Crippen LogP contribution in [0.4, 0.5) is 5.69 Å². The molecule has 1 saturated carbocycles. The number of nitrogens with one attached hydrogen (secondary N) is 1. The van der Waals surface area contributed by atoms with E-state index in [2.05, 4.69) is 20.1 Å². The summed E-state index contributed by atoms with van der Waals surface area (Å²) in [6, 6.07) is 10.6. The van der Waals surface area contributed by atoms with E-state index < -0.39 is 9.84 Å². The Morgan fingerprint density at radius 2 is 2.11 bits per heavy atom. The Kier molecular flexibility index (Phi) is 5.26. The van der Waals surface area contributed by atoms with E-state index in [-0.39, 0.29) is 16.6 Å². The fourth-order valence-electron chi connectivity index (χ4n) is 2.74. The maximum absolute atomic E-state index is 12.3. The summed E-state index contributed by atoms with van der Waals surface area (Å²) in [5.41, 5.74) is 0.455. The zero-order valence-electron chi connectivity index (χ0n) is 15.0. The van der Waals surface area contributed by atoms with Gasteiger partial charge in [-0.3, -0.25) is 9.36 Å². The molecule has 146 valence electrons. The van der Waals surface area contributed by atoms with Crippen LogP contribution in [0.5, 0.6) is 0 Å². The molecule has 1 N–H and O–H groups in total. The van der Waals surface area contributed by atoms with Crippen LogP contribution < -0.4 is 5.32 Å². The van der Waals surface area contributed by atoms with Crippen molar-refractivity contribution in [2.75, 3.05) is 17.3 Å². The number of aromatic nitrogens is 3. The first-order valence-electron chi connectivity index (χ1n) is 8.63. The fourth-order valence-corrected chi connectivity index (χ4v) is 4.92. The lowest BCUT2D eigenvalue weighted by molar-refractivity contribution is -0.113. The SMILES string of the molecule is CS(=O)(=O)c1cccc(NC(=O)CSc2nnc(-c3cccs3)n2C2CC2)c1. The lowest BCUT2D eigenvalue weighted by Gasteiger charge is -2.09. The quantitative estimate of drug-likeness (QED) is 0.572. The first kappa shape index (κ1) is 19.2. The van der Waals surface area contributed by atoms with Crippen LogP contribution in [0.15, 0.2) is 51.8 Å². The molecule has 2 heterocycles. The highest BCUT2D eigenvalue weighted by Crippen LogP contribution is 2.41. The summed E-state index contributed by atoms with van der Waals surface area (Å²) in [7, 11) is -3.32. The van der Waals surface area contributed by atoms with E-state index >= 15 is 0 Å². The Morgan fingerprint density at radius 1 is 1.29 bits per heavy atom. The van der Waals surface area contributed by atoms with Crippen LogP contribution in [-0.4, -0.2) is 41.1 Å². The summed E-state index contributed by atoms with van der Waals surface area (Å²) in [4.78, 5) is 13.6. The van der Waals surface area contributed by atoms with Crippen molar-refractivity contribution in [3.05, 3.63) is 41.8 Å². The standard InChI is InChI=1S/C18H18N4O3S3/c1-28(24,25)14-5-2-4-12(10-14)19-16(23)11-27-18-21-20-17(15-6-3-9-26-15)22(18)13-7-8-13/h2-6,9-10,13H,7-8,11H2,1H3,(H,19,23). The van der Waals surface area contributed by atoms with Crippen molar-refractivity contribution in [3.8, 4) is 10.7 Å². The Labute approximate surface area is 171 Å². The number of benzene rings is 1. The van der Waals surface area contributed by atoms with E-state index in [4.69, 9.17) is 0 Å². The molecular weight excluding hydrogens is 416 g/mol. The van der Waals surface area contributed by atoms with Gasteiger partial charge < -0.3 is 5.32 Å². The zero-order valence-corrected chi connectivity index (χ0v) is 17.5. The molecule has 0 saturated heterocycles. The topological polar surface area (TPSA) is 93.9 Å². The Bertz CT molecular complexity index is 1100. The highest BCUT2D eigenvalue weighted by atomic mass is 32.2. The number of carbonyl (C=O) groups is 1. The van der Waals surface area contributed by atoms with Crippen molar-refractivity contribution >= 4 is 44.5 Å². The molecule has 0 unspecified atom stereocenters. The van der Waals surface area contributed by atoms with Gasteiger partial charge in [0.05, 0.1) is 15.5 Å². The molecular formula is C18H18N4O3S3. The van der Waals surface area contributed by atoms with Gasteiger partial charge in [-0.05, 0) is 42.5 Å². The maximum atomic E-state index is 12.3. The van der Waals surface area contributed by atoms with E-state index in [1.54, 1.807) is 23.5 Å². The van der Waals surface area contributed by atoms with Gasteiger partial charge in [-0.25, -0.2) is 8.42 Å². The van der Waals surface area contributed by atoms with Gasteiger partial charge in [0.1, 0.15) is 0 Å². The van der Waals surface area contributed by atoms with Crippen molar-refractivity contribution in [3.63, 3.8) is 0 Å². The minimum absolute atomic E-state index is 0.165. The van der Waals surface area contributed by atoms with Crippen LogP contribution in [0.25, 0.3) is 10.7 Å². The molecule has 7 nitrogen and oxygen atoms in total. The number of hydrogen-bond acceptors (Lipinski definition) is 7. The highest BCUT2D eigenvalue weighted by Gasteiger charge is 2.30. The lowest BCUT2D eigenvalue weighted by atomic mass is 10.3. The molecule has 0 bridgehead atoms. The molecule has 10 heteroatoms. The molecule has 1 aliphatic carbocycles. The summed E-state index contributed by atoms with van der Waals surface area (Å²) in [6.07, 6.45) is 3.32. The third-order valence-corrected chi connectivity index (χ3v) is 7.12. The molecule has 1 amide bonds. The Balaban J connectivity index is 1.45. The van der Waals surface area contributed by atoms with Crippen LogP contribution in [0.2, 0.25) is 0 Å². The Morgan fingerprint density at radius 3 is 2.79 bits per heavy atom. The Hall–Kier alpha value is -2.17.